The second kappa shape index (κ2) is 7.43. The third-order valence-corrected chi connectivity index (χ3v) is 3.39. The van der Waals surface area contributed by atoms with E-state index in [1.54, 1.807) is 5.38 Å². The minimum Gasteiger partial charge on any atom is -0.384 e. The van der Waals surface area contributed by atoms with Gasteiger partial charge in [-0.3, -0.25) is 4.79 Å². The van der Waals surface area contributed by atoms with Gasteiger partial charge in [0, 0.05) is 17.7 Å². The summed E-state index contributed by atoms with van der Waals surface area (Å²) in [7, 11) is 0. The number of carbonyl (C=O) groups excluding carboxylic acids is 1. The minimum atomic E-state index is -4.28. The quantitative estimate of drug-likeness (QED) is 0.661. The van der Waals surface area contributed by atoms with Gasteiger partial charge in [-0.25, -0.2) is 0 Å². The Morgan fingerprint density at radius 3 is 2.89 bits per heavy atom. The minimum absolute atomic E-state index is 0.0590. The van der Waals surface area contributed by atoms with E-state index < -0.39 is 11.4 Å². The average Bonchev–Trinajstić information content (AvgIpc) is 2.79. The second-order valence-corrected chi connectivity index (χ2v) is 5.28. The van der Waals surface area contributed by atoms with Crippen LogP contribution in [0.2, 0.25) is 0 Å². The maximum Gasteiger partial charge on any atom is 0.441 e. The molecule has 0 unspecified atom stereocenters. The molecule has 1 aromatic rings. The zero-order chi connectivity index (χ0) is 14.3. The molecule has 1 rings (SSSR count). The Hall–Kier alpha value is -1.17. The number of amides is 1. The lowest BCUT2D eigenvalue weighted by Crippen LogP contribution is -2.26. The van der Waals surface area contributed by atoms with Gasteiger partial charge in [0.2, 0.25) is 0 Å². The number of carbonyl (C=O) groups is 1. The van der Waals surface area contributed by atoms with Crippen LogP contribution in [0.5, 0.6) is 0 Å². The van der Waals surface area contributed by atoms with Gasteiger partial charge in [-0.2, -0.15) is 13.2 Å². The first kappa shape index (κ1) is 15.9. The lowest BCUT2D eigenvalue weighted by Gasteiger charge is -2.06. The molecule has 0 atom stereocenters. The normalized spacial score (nSPS) is 10.7. The zero-order valence-electron chi connectivity index (χ0n) is 9.58. The third kappa shape index (κ3) is 6.52. The number of thiophene rings is 1. The molecule has 8 heteroatoms. The van der Waals surface area contributed by atoms with Crippen LogP contribution in [0.15, 0.2) is 11.4 Å². The lowest BCUT2D eigenvalue weighted by molar-refractivity contribution is -0.0327. The van der Waals surface area contributed by atoms with Gasteiger partial charge in [0.15, 0.2) is 0 Å². The topological polar surface area (TPSA) is 49.3 Å². The maximum atomic E-state index is 11.8. The monoisotopic (exact) mass is 309 g/mol. The van der Waals surface area contributed by atoms with E-state index in [1.807, 2.05) is 0 Å². The Balaban J connectivity index is 2.39. The van der Waals surface area contributed by atoms with E-state index in [9.17, 15) is 18.0 Å². The first-order chi connectivity index (χ1) is 8.92. The lowest BCUT2D eigenvalue weighted by atomic mass is 10.3. The van der Waals surface area contributed by atoms with E-state index in [4.69, 9.17) is 5.11 Å². The van der Waals surface area contributed by atoms with Crippen LogP contribution in [-0.4, -0.2) is 35.4 Å². The Labute approximate surface area is 116 Å². The van der Waals surface area contributed by atoms with E-state index in [2.05, 4.69) is 17.2 Å². The molecule has 104 valence electrons. The van der Waals surface area contributed by atoms with Crippen molar-refractivity contribution in [3.05, 3.63) is 21.9 Å². The Morgan fingerprint density at radius 1 is 1.53 bits per heavy atom. The molecule has 19 heavy (non-hydrogen) atoms. The maximum absolute atomic E-state index is 11.8. The van der Waals surface area contributed by atoms with E-state index in [1.165, 1.54) is 17.4 Å². The van der Waals surface area contributed by atoms with Crippen molar-refractivity contribution in [3.8, 4) is 11.8 Å². The standard InChI is InChI=1S/C11H10F3NO2S2/c12-11(13,14)19-5-3-15-10(17)8-6-9(18-7-8)2-1-4-16/h6-7,16H,3-5H2,(H,15,17). The fraction of sp³-hybridized carbons (Fsp3) is 0.364. The Kier molecular flexibility index (Phi) is 6.21. The summed E-state index contributed by atoms with van der Waals surface area (Å²) in [6, 6.07) is 1.53. The average molecular weight is 309 g/mol. The molecule has 2 N–H and O–H groups in total. The SMILES string of the molecule is O=C(NCCSC(F)(F)F)c1csc(C#CCO)c1. The van der Waals surface area contributed by atoms with E-state index >= 15 is 0 Å². The van der Waals surface area contributed by atoms with Crippen molar-refractivity contribution in [2.75, 3.05) is 18.9 Å². The van der Waals surface area contributed by atoms with Crippen LogP contribution in [0, 0.1) is 11.8 Å². The van der Waals surface area contributed by atoms with E-state index in [0.29, 0.717) is 10.4 Å². The highest BCUT2D eigenvalue weighted by molar-refractivity contribution is 8.00. The number of nitrogens with one attached hydrogen (secondary N) is 1. The first-order valence-electron chi connectivity index (χ1n) is 5.09. The summed E-state index contributed by atoms with van der Waals surface area (Å²) in [6.07, 6.45) is 0. The summed E-state index contributed by atoms with van der Waals surface area (Å²) in [5.74, 6) is 4.42. The molecule has 0 radical (unpaired) electrons. The van der Waals surface area contributed by atoms with Gasteiger partial charge in [-0.05, 0) is 17.8 Å². The van der Waals surface area contributed by atoms with Crippen LogP contribution in [0.3, 0.4) is 0 Å². The van der Waals surface area contributed by atoms with Crippen molar-refractivity contribution in [1.82, 2.24) is 5.32 Å². The fourth-order valence-electron chi connectivity index (χ4n) is 1.08. The zero-order valence-corrected chi connectivity index (χ0v) is 11.2. The van der Waals surface area contributed by atoms with Gasteiger partial charge in [0.1, 0.15) is 6.61 Å². The van der Waals surface area contributed by atoms with Gasteiger partial charge in [0.05, 0.1) is 10.4 Å². The van der Waals surface area contributed by atoms with Crippen LogP contribution >= 0.6 is 23.1 Å². The molecule has 0 saturated carbocycles. The van der Waals surface area contributed by atoms with Crippen LogP contribution in [-0.2, 0) is 0 Å². The van der Waals surface area contributed by atoms with Crippen LogP contribution in [0.1, 0.15) is 15.2 Å². The summed E-state index contributed by atoms with van der Waals surface area (Å²) in [5.41, 5.74) is -3.93. The van der Waals surface area contributed by atoms with Crippen molar-refractivity contribution >= 4 is 29.0 Å². The predicted octanol–water partition coefficient (Wildman–Crippen LogP) is 2.07. The Bertz CT molecular complexity index is 488. The van der Waals surface area contributed by atoms with Gasteiger partial charge in [-0.1, -0.05) is 11.8 Å². The van der Waals surface area contributed by atoms with Crippen LogP contribution in [0.25, 0.3) is 0 Å². The molecule has 1 amide bonds. The van der Waals surface area contributed by atoms with Gasteiger partial charge >= 0.3 is 5.51 Å². The van der Waals surface area contributed by atoms with Crippen molar-refractivity contribution in [3.63, 3.8) is 0 Å². The molecular weight excluding hydrogens is 299 g/mol. The highest BCUT2D eigenvalue weighted by Gasteiger charge is 2.27. The second-order valence-electron chi connectivity index (χ2n) is 3.21. The molecule has 0 spiro atoms. The van der Waals surface area contributed by atoms with E-state index in [-0.39, 0.29) is 30.7 Å². The predicted molar refractivity (Wildman–Crippen MR) is 69.1 cm³/mol. The molecule has 0 aromatic carbocycles. The molecule has 0 aliphatic rings. The fourth-order valence-corrected chi connectivity index (χ4v) is 2.27. The van der Waals surface area contributed by atoms with Crippen molar-refractivity contribution in [1.29, 1.82) is 0 Å². The number of hydrogen-bond donors (Lipinski definition) is 2. The van der Waals surface area contributed by atoms with Crippen LogP contribution in [0.4, 0.5) is 13.2 Å². The number of halogens is 3. The molecular formula is C11H10F3NO2S2. The number of alkyl halides is 3. The third-order valence-electron chi connectivity index (χ3n) is 1.81. The molecule has 0 aliphatic heterocycles. The van der Waals surface area contributed by atoms with E-state index in [0.717, 1.165) is 0 Å². The molecule has 1 aromatic heterocycles. The van der Waals surface area contributed by atoms with Crippen molar-refractivity contribution < 1.29 is 23.1 Å². The van der Waals surface area contributed by atoms with Crippen molar-refractivity contribution in [2.45, 2.75) is 5.51 Å². The van der Waals surface area contributed by atoms with Crippen LogP contribution < -0.4 is 5.32 Å². The van der Waals surface area contributed by atoms with Crippen molar-refractivity contribution in [2.24, 2.45) is 0 Å². The summed E-state index contributed by atoms with van der Waals surface area (Å²) < 4.78 is 35.5. The number of thioether (sulfide) groups is 1. The summed E-state index contributed by atoms with van der Waals surface area (Å²) in [5, 5.41) is 12.5. The van der Waals surface area contributed by atoms with Gasteiger partial charge < -0.3 is 10.4 Å². The number of rotatable bonds is 4. The molecule has 0 aliphatic carbocycles. The first-order valence-corrected chi connectivity index (χ1v) is 6.96. The summed E-state index contributed by atoms with van der Waals surface area (Å²) in [6.45, 7) is -0.329. The number of aliphatic hydroxyl groups excluding tert-OH is 1. The molecule has 0 saturated heterocycles. The Morgan fingerprint density at radius 2 is 2.26 bits per heavy atom. The highest BCUT2D eigenvalue weighted by Crippen LogP contribution is 2.29. The largest absolute Gasteiger partial charge is 0.441 e. The number of hydrogen-bond acceptors (Lipinski definition) is 4. The highest BCUT2D eigenvalue weighted by atomic mass is 32.2. The molecule has 1 heterocycles. The molecule has 0 bridgehead atoms. The summed E-state index contributed by atoms with van der Waals surface area (Å²) >= 11 is 1.06. The molecule has 0 fully saturated rings. The smallest absolute Gasteiger partial charge is 0.384 e. The number of aliphatic hydroxyl groups is 1. The summed E-state index contributed by atoms with van der Waals surface area (Å²) in [4.78, 5) is 12.2. The van der Waals surface area contributed by atoms with Gasteiger partial charge in [-0.15, -0.1) is 11.3 Å². The molecule has 3 nitrogen and oxygen atoms in total. The van der Waals surface area contributed by atoms with Gasteiger partial charge in [0.25, 0.3) is 5.91 Å².